The first-order valence-electron chi connectivity index (χ1n) is 9.34. The fourth-order valence-corrected chi connectivity index (χ4v) is 2.49. The van der Waals surface area contributed by atoms with Gasteiger partial charge < -0.3 is 11.1 Å². The molecule has 0 fully saturated rings. The number of amides is 2. The van der Waals surface area contributed by atoms with Gasteiger partial charge in [-0.3, -0.25) is 9.59 Å². The number of hydrogen-bond acceptors (Lipinski definition) is 4. The van der Waals surface area contributed by atoms with Gasteiger partial charge in [0, 0.05) is 35.3 Å². The number of hydrogen-bond donors (Lipinski definition) is 2. The normalized spacial score (nSPS) is 10.9. The quantitative estimate of drug-likeness (QED) is 0.579. The third-order valence-corrected chi connectivity index (χ3v) is 4.14. The summed E-state index contributed by atoms with van der Waals surface area (Å²) in [5, 5.41) is 2.48. The molecule has 2 aromatic carbocycles. The van der Waals surface area contributed by atoms with E-state index in [0.717, 1.165) is 17.2 Å². The number of primary amides is 1. The largest absolute Gasteiger partial charge is 0.416 e. The minimum atomic E-state index is -4.44. The van der Waals surface area contributed by atoms with E-state index in [1.807, 2.05) is 6.92 Å². The molecule has 0 radical (unpaired) electrons. The number of nitrogens with one attached hydrogen (secondary N) is 1. The molecule has 166 valence electrons. The highest BCUT2D eigenvalue weighted by atomic mass is 19.4. The topological polar surface area (TPSA) is 98.0 Å². The lowest BCUT2D eigenvalue weighted by Crippen LogP contribution is -2.14. The van der Waals surface area contributed by atoms with Crippen LogP contribution in [0.2, 0.25) is 0 Å². The van der Waals surface area contributed by atoms with Gasteiger partial charge in [0.25, 0.3) is 5.91 Å². The van der Waals surface area contributed by atoms with Gasteiger partial charge in [-0.05, 0) is 49.8 Å². The second kappa shape index (κ2) is 10.9. The number of aromatic nitrogens is 2. The molecule has 6 nitrogen and oxygen atoms in total. The maximum Gasteiger partial charge on any atom is 0.416 e. The van der Waals surface area contributed by atoms with Crippen molar-refractivity contribution >= 4 is 23.6 Å². The number of benzene rings is 2. The van der Waals surface area contributed by atoms with E-state index in [1.54, 1.807) is 42.7 Å². The van der Waals surface area contributed by atoms with Crippen LogP contribution in [0.3, 0.4) is 0 Å². The number of anilines is 1. The molecule has 0 bridgehead atoms. The van der Waals surface area contributed by atoms with Crippen molar-refractivity contribution < 1.29 is 22.8 Å². The Morgan fingerprint density at radius 3 is 2.19 bits per heavy atom. The van der Waals surface area contributed by atoms with Gasteiger partial charge in [-0.2, -0.15) is 13.2 Å². The van der Waals surface area contributed by atoms with E-state index < -0.39 is 23.6 Å². The highest BCUT2D eigenvalue weighted by molar-refractivity contribution is 6.04. The molecule has 0 atom stereocenters. The second-order valence-electron chi connectivity index (χ2n) is 6.76. The molecular formula is C23H21F3N4O2. The molecule has 0 aliphatic heterocycles. The summed E-state index contributed by atoms with van der Waals surface area (Å²) in [5.74, 6) is -0.916. The smallest absolute Gasteiger partial charge is 0.366 e. The minimum Gasteiger partial charge on any atom is -0.366 e. The van der Waals surface area contributed by atoms with Crippen LogP contribution in [0.4, 0.5) is 18.9 Å². The van der Waals surface area contributed by atoms with Crippen LogP contribution in [0.15, 0.2) is 67.3 Å². The van der Waals surface area contributed by atoms with Crippen LogP contribution in [0.1, 0.15) is 32.6 Å². The first-order chi connectivity index (χ1) is 15.1. The van der Waals surface area contributed by atoms with Crippen molar-refractivity contribution in [1.29, 1.82) is 0 Å². The third-order valence-electron chi connectivity index (χ3n) is 4.14. The Balaban J connectivity index is 0.000000278. The maximum absolute atomic E-state index is 12.8. The zero-order chi connectivity index (χ0) is 23.7. The summed E-state index contributed by atoms with van der Waals surface area (Å²) < 4.78 is 38.5. The molecule has 0 saturated carbocycles. The van der Waals surface area contributed by atoms with E-state index >= 15 is 0 Å². The standard InChI is InChI=1S/C16H14F3NO.C7H7N3O/c1-10-3-6-12(7-4-10)15(21)20-13-8-5-11(2)14(9-13)16(17,18)19;8-7(11)2-1-6-3-9-5-10-4-6/h3-9H,1-2H3,(H,20,21);1-5H,(H2,8,11). The zero-order valence-electron chi connectivity index (χ0n) is 17.4. The Labute approximate surface area is 183 Å². The number of rotatable bonds is 4. The van der Waals surface area contributed by atoms with Gasteiger partial charge >= 0.3 is 6.18 Å². The van der Waals surface area contributed by atoms with Crippen LogP contribution in [0.25, 0.3) is 6.08 Å². The zero-order valence-corrected chi connectivity index (χ0v) is 17.4. The van der Waals surface area contributed by atoms with Gasteiger partial charge in [0.2, 0.25) is 5.91 Å². The molecule has 0 aliphatic rings. The molecule has 0 saturated heterocycles. The Bertz CT molecular complexity index is 1100. The molecule has 32 heavy (non-hydrogen) atoms. The molecule has 1 heterocycles. The SMILES string of the molecule is Cc1ccc(C(=O)Nc2ccc(C)c(C(F)(F)F)c2)cc1.NC(=O)C=Cc1cncnc1. The number of carbonyl (C=O) groups is 2. The number of nitrogens with two attached hydrogens (primary N) is 1. The molecule has 3 aromatic rings. The lowest BCUT2D eigenvalue weighted by molar-refractivity contribution is -0.138. The van der Waals surface area contributed by atoms with Gasteiger partial charge in [-0.25, -0.2) is 9.97 Å². The number of alkyl halides is 3. The predicted octanol–water partition coefficient (Wildman–Crippen LogP) is 4.55. The number of nitrogens with zero attached hydrogens (tertiary/aromatic N) is 2. The highest BCUT2D eigenvalue weighted by Crippen LogP contribution is 2.33. The van der Waals surface area contributed by atoms with Gasteiger partial charge in [-0.15, -0.1) is 0 Å². The average molecular weight is 442 g/mol. The summed E-state index contributed by atoms with van der Waals surface area (Å²) in [4.78, 5) is 29.7. The first kappa shape index (κ1) is 24.3. The molecule has 9 heteroatoms. The summed E-state index contributed by atoms with van der Waals surface area (Å²) in [6, 6.07) is 10.5. The fraction of sp³-hybridized carbons (Fsp3) is 0.130. The molecule has 0 aliphatic carbocycles. The monoisotopic (exact) mass is 442 g/mol. The highest BCUT2D eigenvalue weighted by Gasteiger charge is 2.32. The Kier molecular flexibility index (Phi) is 8.23. The number of halogens is 3. The Morgan fingerprint density at radius 1 is 1.00 bits per heavy atom. The average Bonchev–Trinajstić information content (AvgIpc) is 2.74. The van der Waals surface area contributed by atoms with Crippen LogP contribution in [-0.2, 0) is 11.0 Å². The van der Waals surface area contributed by atoms with E-state index in [9.17, 15) is 22.8 Å². The molecule has 0 unspecified atom stereocenters. The first-order valence-corrected chi connectivity index (χ1v) is 9.34. The Hall–Kier alpha value is -4.01. The maximum atomic E-state index is 12.8. The summed E-state index contributed by atoms with van der Waals surface area (Å²) in [5.41, 5.74) is 6.53. The predicted molar refractivity (Wildman–Crippen MR) is 116 cm³/mol. The molecule has 0 spiro atoms. The fourth-order valence-electron chi connectivity index (χ4n) is 2.49. The van der Waals surface area contributed by atoms with Crippen molar-refractivity contribution in [3.8, 4) is 0 Å². The number of carbonyl (C=O) groups excluding carboxylic acids is 2. The van der Waals surface area contributed by atoms with E-state index in [2.05, 4.69) is 15.3 Å². The molecule has 3 N–H and O–H groups in total. The minimum absolute atomic E-state index is 0.121. The van der Waals surface area contributed by atoms with Crippen molar-refractivity contribution in [2.45, 2.75) is 20.0 Å². The summed E-state index contributed by atoms with van der Waals surface area (Å²) in [6.45, 7) is 3.27. The summed E-state index contributed by atoms with van der Waals surface area (Å²) in [7, 11) is 0. The van der Waals surface area contributed by atoms with Crippen molar-refractivity contribution in [1.82, 2.24) is 9.97 Å². The Morgan fingerprint density at radius 2 is 1.62 bits per heavy atom. The molecular weight excluding hydrogens is 421 g/mol. The van der Waals surface area contributed by atoms with Crippen LogP contribution < -0.4 is 11.1 Å². The van der Waals surface area contributed by atoms with Crippen LogP contribution in [0.5, 0.6) is 0 Å². The summed E-state index contributed by atoms with van der Waals surface area (Å²) in [6.07, 6.45) is 2.98. The molecule has 1 aromatic heterocycles. The van der Waals surface area contributed by atoms with E-state index in [1.165, 1.54) is 31.5 Å². The van der Waals surface area contributed by atoms with E-state index in [4.69, 9.17) is 5.73 Å². The summed E-state index contributed by atoms with van der Waals surface area (Å²) >= 11 is 0. The van der Waals surface area contributed by atoms with E-state index in [0.29, 0.717) is 5.56 Å². The van der Waals surface area contributed by atoms with Crippen LogP contribution >= 0.6 is 0 Å². The van der Waals surface area contributed by atoms with Crippen LogP contribution in [-0.4, -0.2) is 21.8 Å². The van der Waals surface area contributed by atoms with Crippen LogP contribution in [0, 0.1) is 13.8 Å². The molecule has 3 rings (SSSR count). The number of aryl methyl sites for hydroxylation is 2. The second-order valence-corrected chi connectivity index (χ2v) is 6.76. The van der Waals surface area contributed by atoms with Crippen molar-refractivity contribution in [3.63, 3.8) is 0 Å². The van der Waals surface area contributed by atoms with Crippen molar-refractivity contribution in [2.24, 2.45) is 5.73 Å². The lowest BCUT2D eigenvalue weighted by atomic mass is 10.1. The van der Waals surface area contributed by atoms with E-state index in [-0.39, 0.29) is 11.3 Å². The molecule has 2 amide bonds. The van der Waals surface area contributed by atoms with Gasteiger partial charge in [0.1, 0.15) is 6.33 Å². The van der Waals surface area contributed by atoms with Gasteiger partial charge in [0.05, 0.1) is 5.56 Å². The lowest BCUT2D eigenvalue weighted by Gasteiger charge is -2.13. The van der Waals surface area contributed by atoms with Gasteiger partial charge in [0.15, 0.2) is 0 Å². The van der Waals surface area contributed by atoms with Gasteiger partial charge in [-0.1, -0.05) is 23.8 Å². The van der Waals surface area contributed by atoms with Crippen molar-refractivity contribution in [3.05, 3.63) is 95.1 Å². The third kappa shape index (κ3) is 7.67. The van der Waals surface area contributed by atoms with Crippen molar-refractivity contribution in [2.75, 3.05) is 5.32 Å².